The molecule has 2 aromatic carbocycles. The number of carbonyl (C=O) groups is 1. The zero-order valence-corrected chi connectivity index (χ0v) is 15.6. The highest BCUT2D eigenvalue weighted by atomic mass is 16.4. The number of aryl methyl sites for hydroxylation is 2. The van der Waals surface area contributed by atoms with Gasteiger partial charge in [-0.2, -0.15) is 0 Å². The van der Waals surface area contributed by atoms with E-state index in [0.717, 1.165) is 11.1 Å². The molecule has 1 amide bonds. The summed E-state index contributed by atoms with van der Waals surface area (Å²) in [5.41, 5.74) is 4.24. The molecular formula is C23H19N3O2. The van der Waals surface area contributed by atoms with E-state index in [1.807, 2.05) is 68.4 Å². The summed E-state index contributed by atoms with van der Waals surface area (Å²) in [6.45, 7) is 3.98. The fourth-order valence-electron chi connectivity index (χ4n) is 2.91. The molecule has 5 heteroatoms. The van der Waals surface area contributed by atoms with E-state index >= 15 is 0 Å². The van der Waals surface area contributed by atoms with Gasteiger partial charge in [0.05, 0.1) is 11.8 Å². The van der Waals surface area contributed by atoms with Crippen LogP contribution in [-0.4, -0.2) is 15.9 Å². The van der Waals surface area contributed by atoms with E-state index in [-0.39, 0.29) is 5.91 Å². The molecule has 1 N–H and O–H groups in total. The number of nitrogens with one attached hydrogen (secondary N) is 1. The Balaban J connectivity index is 1.65. The summed E-state index contributed by atoms with van der Waals surface area (Å²) in [6.07, 6.45) is 3.34. The van der Waals surface area contributed by atoms with Crippen molar-refractivity contribution < 1.29 is 9.21 Å². The second-order valence-corrected chi connectivity index (χ2v) is 6.61. The van der Waals surface area contributed by atoms with Crippen molar-refractivity contribution in [2.24, 2.45) is 0 Å². The molecule has 138 valence electrons. The SMILES string of the molecule is Cc1ccc(-c2cnc(-c3ccccc3C(=O)Nc3cc(C)ccn3)o2)cc1. The lowest BCUT2D eigenvalue weighted by Gasteiger charge is -2.08. The maximum absolute atomic E-state index is 12.8. The molecule has 0 aliphatic rings. The number of anilines is 1. The fraction of sp³-hybridized carbons (Fsp3) is 0.0870. The standard InChI is InChI=1S/C23H19N3O2/c1-15-7-9-17(10-8-15)20-14-25-23(28-20)19-6-4-3-5-18(19)22(27)26-21-13-16(2)11-12-24-21/h3-14H,1-2H3,(H,24,26,27). The molecule has 0 atom stereocenters. The van der Waals surface area contributed by atoms with Crippen LogP contribution in [0.5, 0.6) is 0 Å². The number of rotatable bonds is 4. The highest BCUT2D eigenvalue weighted by molar-refractivity contribution is 6.07. The first-order chi connectivity index (χ1) is 13.6. The molecule has 0 unspecified atom stereocenters. The zero-order valence-electron chi connectivity index (χ0n) is 15.6. The van der Waals surface area contributed by atoms with Crippen LogP contribution in [0.25, 0.3) is 22.8 Å². The van der Waals surface area contributed by atoms with E-state index in [1.165, 1.54) is 5.56 Å². The van der Waals surface area contributed by atoms with Gasteiger partial charge in [-0.25, -0.2) is 9.97 Å². The predicted molar refractivity (Wildman–Crippen MR) is 109 cm³/mol. The summed E-state index contributed by atoms with van der Waals surface area (Å²) >= 11 is 0. The number of hydrogen-bond acceptors (Lipinski definition) is 4. The third-order valence-corrected chi connectivity index (χ3v) is 4.40. The maximum atomic E-state index is 12.8. The van der Waals surface area contributed by atoms with Crippen LogP contribution in [0.4, 0.5) is 5.82 Å². The summed E-state index contributed by atoms with van der Waals surface area (Å²) in [5, 5.41) is 2.83. The van der Waals surface area contributed by atoms with E-state index < -0.39 is 0 Å². The van der Waals surface area contributed by atoms with Gasteiger partial charge >= 0.3 is 0 Å². The quantitative estimate of drug-likeness (QED) is 0.532. The van der Waals surface area contributed by atoms with Gasteiger partial charge in [0.25, 0.3) is 5.91 Å². The molecule has 0 spiro atoms. The number of oxazole rings is 1. The van der Waals surface area contributed by atoms with Crippen LogP contribution >= 0.6 is 0 Å². The average molecular weight is 369 g/mol. The minimum atomic E-state index is -0.260. The lowest BCUT2D eigenvalue weighted by atomic mass is 10.1. The molecule has 0 radical (unpaired) electrons. The number of nitrogens with zero attached hydrogens (tertiary/aromatic N) is 2. The van der Waals surface area contributed by atoms with Crippen molar-refractivity contribution in [2.45, 2.75) is 13.8 Å². The van der Waals surface area contributed by atoms with Crippen molar-refractivity contribution in [3.8, 4) is 22.8 Å². The molecular weight excluding hydrogens is 350 g/mol. The fourth-order valence-corrected chi connectivity index (χ4v) is 2.91. The monoisotopic (exact) mass is 369 g/mol. The molecule has 0 aliphatic heterocycles. The predicted octanol–water partition coefficient (Wildman–Crippen LogP) is 5.27. The highest BCUT2D eigenvalue weighted by Gasteiger charge is 2.17. The molecule has 0 bridgehead atoms. The molecule has 2 aromatic heterocycles. The molecule has 0 fully saturated rings. The number of benzene rings is 2. The van der Waals surface area contributed by atoms with E-state index in [4.69, 9.17) is 4.42 Å². The van der Waals surface area contributed by atoms with Gasteiger partial charge in [0.2, 0.25) is 5.89 Å². The molecule has 28 heavy (non-hydrogen) atoms. The van der Waals surface area contributed by atoms with Gasteiger partial charge in [0.1, 0.15) is 5.82 Å². The normalized spacial score (nSPS) is 10.6. The van der Waals surface area contributed by atoms with Crippen molar-refractivity contribution >= 4 is 11.7 Å². The maximum Gasteiger partial charge on any atom is 0.257 e. The second-order valence-electron chi connectivity index (χ2n) is 6.61. The molecule has 0 aliphatic carbocycles. The van der Waals surface area contributed by atoms with Crippen molar-refractivity contribution in [1.82, 2.24) is 9.97 Å². The summed E-state index contributed by atoms with van der Waals surface area (Å²) in [6, 6.07) is 19.0. The Kier molecular flexibility index (Phi) is 4.72. The van der Waals surface area contributed by atoms with Gasteiger partial charge in [-0.05, 0) is 43.7 Å². The Morgan fingerprint density at radius 3 is 2.50 bits per heavy atom. The molecule has 0 saturated carbocycles. The van der Waals surface area contributed by atoms with Gasteiger partial charge in [0.15, 0.2) is 5.76 Å². The van der Waals surface area contributed by atoms with E-state index in [2.05, 4.69) is 15.3 Å². The molecule has 4 rings (SSSR count). The first-order valence-electron chi connectivity index (χ1n) is 8.96. The second kappa shape index (κ2) is 7.48. The lowest BCUT2D eigenvalue weighted by molar-refractivity contribution is 0.102. The number of pyridine rings is 1. The Bertz CT molecular complexity index is 1130. The van der Waals surface area contributed by atoms with Crippen LogP contribution in [0, 0.1) is 13.8 Å². The van der Waals surface area contributed by atoms with Gasteiger partial charge in [-0.1, -0.05) is 42.0 Å². The minimum Gasteiger partial charge on any atom is -0.436 e. The topological polar surface area (TPSA) is 68.0 Å². The highest BCUT2D eigenvalue weighted by Crippen LogP contribution is 2.28. The first-order valence-corrected chi connectivity index (χ1v) is 8.96. The van der Waals surface area contributed by atoms with Gasteiger partial charge in [-0.15, -0.1) is 0 Å². The van der Waals surface area contributed by atoms with E-state index in [1.54, 1.807) is 18.5 Å². The van der Waals surface area contributed by atoms with Crippen molar-refractivity contribution in [2.75, 3.05) is 5.32 Å². The average Bonchev–Trinajstić information content (AvgIpc) is 3.18. The van der Waals surface area contributed by atoms with Crippen LogP contribution in [-0.2, 0) is 0 Å². The third kappa shape index (κ3) is 3.69. The number of amides is 1. The Labute approximate surface area is 163 Å². The lowest BCUT2D eigenvalue weighted by Crippen LogP contribution is -2.14. The van der Waals surface area contributed by atoms with E-state index in [9.17, 15) is 4.79 Å². The van der Waals surface area contributed by atoms with Crippen LogP contribution < -0.4 is 5.32 Å². The Morgan fingerprint density at radius 1 is 0.929 bits per heavy atom. The number of hydrogen-bond donors (Lipinski definition) is 1. The van der Waals surface area contributed by atoms with Crippen LogP contribution in [0.15, 0.2) is 77.5 Å². The first kappa shape index (κ1) is 17.7. The molecule has 2 heterocycles. The van der Waals surface area contributed by atoms with Crippen molar-refractivity contribution in [3.63, 3.8) is 0 Å². The summed E-state index contributed by atoms with van der Waals surface area (Å²) in [4.78, 5) is 21.4. The van der Waals surface area contributed by atoms with Gasteiger partial charge < -0.3 is 9.73 Å². The van der Waals surface area contributed by atoms with Gasteiger partial charge in [-0.3, -0.25) is 4.79 Å². The van der Waals surface area contributed by atoms with Crippen LogP contribution in [0.3, 0.4) is 0 Å². The van der Waals surface area contributed by atoms with Crippen LogP contribution in [0.2, 0.25) is 0 Å². The number of carbonyl (C=O) groups excluding carboxylic acids is 1. The molecule has 0 saturated heterocycles. The Morgan fingerprint density at radius 2 is 1.71 bits per heavy atom. The molecule has 4 aromatic rings. The van der Waals surface area contributed by atoms with Crippen molar-refractivity contribution in [1.29, 1.82) is 0 Å². The third-order valence-electron chi connectivity index (χ3n) is 4.40. The summed E-state index contributed by atoms with van der Waals surface area (Å²) < 4.78 is 5.95. The van der Waals surface area contributed by atoms with Crippen LogP contribution in [0.1, 0.15) is 21.5 Å². The summed E-state index contributed by atoms with van der Waals surface area (Å²) in [7, 11) is 0. The molecule has 5 nitrogen and oxygen atoms in total. The minimum absolute atomic E-state index is 0.260. The Hall–Kier alpha value is -3.73. The van der Waals surface area contributed by atoms with E-state index in [0.29, 0.717) is 28.6 Å². The summed E-state index contributed by atoms with van der Waals surface area (Å²) in [5.74, 6) is 1.31. The van der Waals surface area contributed by atoms with Gasteiger partial charge in [0, 0.05) is 17.3 Å². The number of aromatic nitrogens is 2. The smallest absolute Gasteiger partial charge is 0.257 e. The van der Waals surface area contributed by atoms with Crippen molar-refractivity contribution in [3.05, 3.63) is 89.7 Å². The largest absolute Gasteiger partial charge is 0.436 e. The zero-order chi connectivity index (χ0) is 19.5.